The van der Waals surface area contributed by atoms with Crippen LogP contribution >= 0.6 is 0 Å². The number of fused-ring (bicyclic) bond motifs is 1. The zero-order valence-electron chi connectivity index (χ0n) is 13.7. The average molecular weight is 359 g/mol. The second-order valence-electron chi connectivity index (χ2n) is 5.89. The van der Waals surface area contributed by atoms with Gasteiger partial charge in [-0.25, -0.2) is 14.6 Å². The Bertz CT molecular complexity index is 893. The zero-order chi connectivity index (χ0) is 18.7. The van der Waals surface area contributed by atoms with E-state index >= 15 is 0 Å². The third-order valence-corrected chi connectivity index (χ3v) is 4.08. The van der Waals surface area contributed by atoms with Crippen molar-refractivity contribution in [2.45, 2.75) is 32.0 Å². The van der Waals surface area contributed by atoms with Crippen molar-refractivity contribution in [2.24, 2.45) is 0 Å². The molecule has 1 aromatic carbocycles. The van der Waals surface area contributed by atoms with Crippen molar-refractivity contribution in [3.8, 4) is 5.75 Å². The molecule has 9 heteroatoms. The van der Waals surface area contributed by atoms with Crippen LogP contribution < -0.4 is 10.9 Å². The number of carbonyl (C=O) groups is 2. The molecule has 2 aromatic rings. The maximum Gasteiger partial charge on any atom is 0.407 e. The Kier molecular flexibility index (Phi) is 4.87. The summed E-state index contributed by atoms with van der Waals surface area (Å²) >= 11 is 0. The molecule has 1 atom stereocenters. The lowest BCUT2D eigenvalue weighted by atomic mass is 10.1. The normalized spacial score (nSPS) is 15.8. The topological polar surface area (TPSA) is 131 Å². The number of carboxylic acid groups (broad SMARTS) is 1. The SMILES string of the molecule is O=C(N[C@H]1CCc2nc(C(=O)O)c(O)c(=O)n2C1)OCc1ccccc1. The molecule has 136 valence electrons. The molecule has 3 rings (SSSR count). The van der Waals surface area contributed by atoms with E-state index in [-0.39, 0.29) is 25.0 Å². The summed E-state index contributed by atoms with van der Waals surface area (Å²) in [6.45, 7) is 0.204. The van der Waals surface area contributed by atoms with Gasteiger partial charge < -0.3 is 20.3 Å². The van der Waals surface area contributed by atoms with Crippen LogP contribution in [0.2, 0.25) is 0 Å². The van der Waals surface area contributed by atoms with E-state index in [4.69, 9.17) is 9.84 Å². The number of hydrogen-bond donors (Lipinski definition) is 3. The van der Waals surface area contributed by atoms with Gasteiger partial charge in [-0.15, -0.1) is 0 Å². The van der Waals surface area contributed by atoms with Crippen LogP contribution in [0.5, 0.6) is 5.75 Å². The predicted molar refractivity (Wildman–Crippen MR) is 89.0 cm³/mol. The Morgan fingerprint density at radius 3 is 2.73 bits per heavy atom. The van der Waals surface area contributed by atoms with Crippen molar-refractivity contribution < 1.29 is 24.5 Å². The van der Waals surface area contributed by atoms with Crippen molar-refractivity contribution in [2.75, 3.05) is 0 Å². The monoisotopic (exact) mass is 359 g/mol. The molecular formula is C17H17N3O6. The van der Waals surface area contributed by atoms with Crippen LogP contribution in [-0.2, 0) is 24.3 Å². The van der Waals surface area contributed by atoms with Gasteiger partial charge in [-0.1, -0.05) is 30.3 Å². The molecule has 0 saturated carbocycles. The number of aromatic nitrogens is 2. The van der Waals surface area contributed by atoms with E-state index in [1.165, 1.54) is 4.57 Å². The Labute approximate surface area is 147 Å². The van der Waals surface area contributed by atoms with Gasteiger partial charge in [0.05, 0.1) is 6.04 Å². The molecule has 0 saturated heterocycles. The molecule has 3 N–H and O–H groups in total. The van der Waals surface area contributed by atoms with Gasteiger partial charge in [-0.05, 0) is 12.0 Å². The second-order valence-corrected chi connectivity index (χ2v) is 5.89. The number of carboxylic acids is 1. The van der Waals surface area contributed by atoms with Crippen molar-refractivity contribution in [1.82, 2.24) is 14.9 Å². The number of amides is 1. The fourth-order valence-electron chi connectivity index (χ4n) is 2.78. The van der Waals surface area contributed by atoms with Gasteiger partial charge in [0.2, 0.25) is 5.75 Å². The minimum atomic E-state index is -1.47. The first kappa shape index (κ1) is 17.5. The summed E-state index contributed by atoms with van der Waals surface area (Å²) in [6.07, 6.45) is 0.144. The molecule has 2 heterocycles. The van der Waals surface area contributed by atoms with Gasteiger partial charge in [0.25, 0.3) is 5.56 Å². The molecule has 0 fully saturated rings. The summed E-state index contributed by atoms with van der Waals surface area (Å²) in [4.78, 5) is 38.9. The van der Waals surface area contributed by atoms with Crippen LogP contribution in [-0.4, -0.2) is 37.9 Å². The highest BCUT2D eigenvalue weighted by Gasteiger charge is 2.27. The first-order chi connectivity index (χ1) is 12.5. The summed E-state index contributed by atoms with van der Waals surface area (Å²) in [7, 11) is 0. The summed E-state index contributed by atoms with van der Waals surface area (Å²) in [5.41, 5.74) is -0.644. The Balaban J connectivity index is 1.65. The van der Waals surface area contributed by atoms with E-state index in [1.54, 1.807) is 0 Å². The minimum absolute atomic E-state index is 0.0784. The Morgan fingerprint density at radius 2 is 2.04 bits per heavy atom. The molecular weight excluding hydrogens is 342 g/mol. The minimum Gasteiger partial charge on any atom is -0.501 e. The zero-order valence-corrected chi connectivity index (χ0v) is 13.7. The molecule has 0 radical (unpaired) electrons. The predicted octanol–water partition coefficient (Wildman–Crippen LogP) is 0.888. The molecule has 9 nitrogen and oxygen atoms in total. The first-order valence-corrected chi connectivity index (χ1v) is 7.99. The number of carbonyl (C=O) groups excluding carboxylic acids is 1. The van der Waals surface area contributed by atoms with E-state index in [0.717, 1.165) is 5.56 Å². The Hall–Kier alpha value is -3.36. The number of aryl methyl sites for hydroxylation is 1. The molecule has 26 heavy (non-hydrogen) atoms. The molecule has 1 amide bonds. The van der Waals surface area contributed by atoms with Crippen LogP contribution in [0.1, 0.15) is 28.3 Å². The number of nitrogens with one attached hydrogen (secondary N) is 1. The number of rotatable bonds is 4. The molecule has 0 aliphatic carbocycles. The van der Waals surface area contributed by atoms with Gasteiger partial charge in [0.15, 0.2) is 5.69 Å². The molecule has 1 aliphatic rings. The maximum atomic E-state index is 12.1. The number of benzene rings is 1. The first-order valence-electron chi connectivity index (χ1n) is 7.99. The fourth-order valence-corrected chi connectivity index (χ4v) is 2.78. The second kappa shape index (κ2) is 7.26. The smallest absolute Gasteiger partial charge is 0.407 e. The van der Waals surface area contributed by atoms with Crippen LogP contribution in [0.4, 0.5) is 4.79 Å². The van der Waals surface area contributed by atoms with Crippen molar-refractivity contribution in [1.29, 1.82) is 0 Å². The number of ether oxygens (including phenoxy) is 1. The average Bonchev–Trinajstić information content (AvgIpc) is 2.64. The van der Waals surface area contributed by atoms with Crippen molar-refractivity contribution >= 4 is 12.1 Å². The summed E-state index contributed by atoms with van der Waals surface area (Å²) in [5.74, 6) is -2.11. The molecule has 1 aliphatic heterocycles. The van der Waals surface area contributed by atoms with Crippen molar-refractivity contribution in [3.63, 3.8) is 0 Å². The standard InChI is InChI=1S/C17H17N3O6/c21-14-13(16(23)24)19-12-7-6-11(8-20(12)15(14)22)18-17(25)26-9-10-4-2-1-3-5-10/h1-5,11,21H,6-9H2,(H,18,25)(H,23,24)/t11-/m0/s1. The van der Waals surface area contributed by atoms with E-state index in [0.29, 0.717) is 12.8 Å². The van der Waals surface area contributed by atoms with E-state index in [1.807, 2.05) is 30.3 Å². The van der Waals surface area contributed by atoms with Gasteiger partial charge >= 0.3 is 12.1 Å². The quantitative estimate of drug-likeness (QED) is 0.739. The number of nitrogens with zero attached hydrogens (tertiary/aromatic N) is 2. The fraction of sp³-hybridized carbons (Fsp3) is 0.294. The number of aromatic hydroxyl groups is 1. The highest BCUT2D eigenvalue weighted by molar-refractivity contribution is 5.88. The van der Waals surface area contributed by atoms with Crippen LogP contribution in [0.3, 0.4) is 0 Å². The third-order valence-electron chi connectivity index (χ3n) is 4.08. The molecule has 0 unspecified atom stereocenters. The van der Waals surface area contributed by atoms with Gasteiger partial charge in [0.1, 0.15) is 12.4 Å². The lowest BCUT2D eigenvalue weighted by Gasteiger charge is -2.26. The van der Waals surface area contributed by atoms with Crippen LogP contribution in [0.25, 0.3) is 0 Å². The number of aromatic carboxylic acids is 1. The highest BCUT2D eigenvalue weighted by atomic mass is 16.5. The lowest BCUT2D eigenvalue weighted by Crippen LogP contribution is -2.45. The van der Waals surface area contributed by atoms with Gasteiger partial charge in [0, 0.05) is 13.0 Å². The van der Waals surface area contributed by atoms with Crippen LogP contribution in [0.15, 0.2) is 35.1 Å². The van der Waals surface area contributed by atoms with Gasteiger partial charge in [-0.3, -0.25) is 9.36 Å². The van der Waals surface area contributed by atoms with E-state index < -0.39 is 29.1 Å². The Morgan fingerprint density at radius 1 is 1.31 bits per heavy atom. The lowest BCUT2D eigenvalue weighted by molar-refractivity contribution is 0.0685. The van der Waals surface area contributed by atoms with E-state index in [2.05, 4.69) is 10.3 Å². The maximum absolute atomic E-state index is 12.1. The molecule has 0 bridgehead atoms. The highest BCUT2D eigenvalue weighted by Crippen LogP contribution is 2.16. The summed E-state index contributed by atoms with van der Waals surface area (Å²) < 4.78 is 6.32. The molecule has 1 aromatic heterocycles. The summed E-state index contributed by atoms with van der Waals surface area (Å²) in [6, 6.07) is 8.81. The molecule has 0 spiro atoms. The number of hydrogen-bond acceptors (Lipinski definition) is 6. The van der Waals surface area contributed by atoms with Crippen LogP contribution in [0, 0.1) is 0 Å². The summed E-state index contributed by atoms with van der Waals surface area (Å²) in [5, 5.41) is 21.4. The third kappa shape index (κ3) is 3.66. The largest absolute Gasteiger partial charge is 0.501 e. The van der Waals surface area contributed by atoms with Crippen molar-refractivity contribution in [3.05, 3.63) is 57.8 Å². The van der Waals surface area contributed by atoms with E-state index in [9.17, 15) is 19.5 Å². The number of alkyl carbamates (subject to hydrolysis) is 1. The van der Waals surface area contributed by atoms with Gasteiger partial charge in [-0.2, -0.15) is 0 Å².